The fourth-order valence-electron chi connectivity index (χ4n) is 1.30. The van der Waals surface area contributed by atoms with Crippen LogP contribution in [0.1, 0.15) is 11.6 Å². The van der Waals surface area contributed by atoms with Gasteiger partial charge in [-0.2, -0.15) is 0 Å². The molecule has 1 atom stereocenters. The van der Waals surface area contributed by atoms with Crippen molar-refractivity contribution in [1.29, 1.82) is 0 Å². The Morgan fingerprint density at radius 2 is 2.33 bits per heavy atom. The molecular weight excluding hydrogens is 288 g/mol. The fraction of sp³-hybridized carbons (Fsp3) is 0.250. The quantitative estimate of drug-likeness (QED) is 0.746. The maximum absolute atomic E-state index is 5.97. The molecular formula is C8H7ClINO. The number of ether oxygens (including phenoxy) is 1. The molecule has 0 radical (unpaired) electrons. The average molecular weight is 296 g/mol. The second-order valence-electron chi connectivity index (χ2n) is 2.69. The SMILES string of the molecule is NC1COc2c(I)ccc(Cl)c21. The van der Waals surface area contributed by atoms with Gasteiger partial charge in [-0.15, -0.1) is 0 Å². The monoisotopic (exact) mass is 295 g/mol. The van der Waals surface area contributed by atoms with E-state index in [2.05, 4.69) is 22.6 Å². The van der Waals surface area contributed by atoms with E-state index in [1.54, 1.807) is 0 Å². The van der Waals surface area contributed by atoms with Crippen LogP contribution in [0.3, 0.4) is 0 Å². The lowest BCUT2D eigenvalue weighted by Crippen LogP contribution is -2.11. The summed E-state index contributed by atoms with van der Waals surface area (Å²) in [7, 11) is 0. The van der Waals surface area contributed by atoms with E-state index in [0.29, 0.717) is 11.6 Å². The summed E-state index contributed by atoms with van der Waals surface area (Å²) in [6.07, 6.45) is 0. The molecule has 1 aliphatic heterocycles. The van der Waals surface area contributed by atoms with E-state index in [9.17, 15) is 0 Å². The van der Waals surface area contributed by atoms with Gasteiger partial charge in [0.15, 0.2) is 0 Å². The minimum atomic E-state index is -0.0674. The number of fused-ring (bicyclic) bond motifs is 1. The minimum Gasteiger partial charge on any atom is -0.490 e. The van der Waals surface area contributed by atoms with Crippen LogP contribution >= 0.6 is 34.2 Å². The first-order valence-corrected chi connectivity index (χ1v) is 5.02. The van der Waals surface area contributed by atoms with E-state index >= 15 is 0 Å². The zero-order chi connectivity index (χ0) is 8.72. The van der Waals surface area contributed by atoms with Crippen LogP contribution in [0.2, 0.25) is 5.02 Å². The molecule has 0 aliphatic carbocycles. The Kier molecular flexibility index (Phi) is 2.18. The van der Waals surface area contributed by atoms with Gasteiger partial charge in [0.25, 0.3) is 0 Å². The third-order valence-electron chi connectivity index (χ3n) is 1.87. The molecule has 0 spiro atoms. The van der Waals surface area contributed by atoms with Crippen LogP contribution in [0, 0.1) is 3.57 Å². The molecule has 64 valence electrons. The third-order valence-corrected chi connectivity index (χ3v) is 3.05. The van der Waals surface area contributed by atoms with Crippen LogP contribution in [0.5, 0.6) is 5.75 Å². The summed E-state index contributed by atoms with van der Waals surface area (Å²) < 4.78 is 6.47. The van der Waals surface area contributed by atoms with Crippen LogP contribution in [-0.2, 0) is 0 Å². The highest BCUT2D eigenvalue weighted by molar-refractivity contribution is 14.1. The molecule has 1 heterocycles. The second kappa shape index (κ2) is 3.05. The Labute approximate surface area is 89.2 Å². The van der Waals surface area contributed by atoms with Crippen LogP contribution in [0.15, 0.2) is 12.1 Å². The van der Waals surface area contributed by atoms with Gasteiger partial charge < -0.3 is 10.5 Å². The Morgan fingerprint density at radius 1 is 1.58 bits per heavy atom. The predicted octanol–water partition coefficient (Wildman–Crippen LogP) is 2.34. The number of halogens is 2. The first kappa shape index (κ1) is 8.59. The molecule has 12 heavy (non-hydrogen) atoms. The number of hydrogen-bond acceptors (Lipinski definition) is 2. The van der Waals surface area contributed by atoms with Gasteiger partial charge in [-0.05, 0) is 34.7 Å². The largest absolute Gasteiger partial charge is 0.490 e. The highest BCUT2D eigenvalue weighted by Crippen LogP contribution is 2.39. The summed E-state index contributed by atoms with van der Waals surface area (Å²) in [6.45, 7) is 0.537. The van der Waals surface area contributed by atoms with Crippen molar-refractivity contribution in [1.82, 2.24) is 0 Å². The van der Waals surface area contributed by atoms with Gasteiger partial charge >= 0.3 is 0 Å². The summed E-state index contributed by atoms with van der Waals surface area (Å²) in [4.78, 5) is 0. The van der Waals surface area contributed by atoms with Crippen molar-refractivity contribution in [2.24, 2.45) is 5.73 Å². The van der Waals surface area contributed by atoms with Crippen molar-refractivity contribution in [3.05, 3.63) is 26.3 Å². The lowest BCUT2D eigenvalue weighted by Gasteiger charge is -2.04. The molecule has 1 aromatic rings. The van der Waals surface area contributed by atoms with Crippen LogP contribution in [-0.4, -0.2) is 6.61 Å². The Morgan fingerprint density at radius 3 is 3.00 bits per heavy atom. The standard InChI is InChI=1S/C8H7ClINO/c9-4-1-2-5(10)8-7(4)6(11)3-12-8/h1-2,6H,3,11H2. The van der Waals surface area contributed by atoms with E-state index in [1.165, 1.54) is 0 Å². The molecule has 0 saturated heterocycles. The summed E-state index contributed by atoms with van der Waals surface area (Å²) in [5.74, 6) is 0.857. The molecule has 2 N–H and O–H groups in total. The highest BCUT2D eigenvalue weighted by Gasteiger charge is 2.25. The fourth-order valence-corrected chi connectivity index (χ4v) is 2.21. The van der Waals surface area contributed by atoms with E-state index in [-0.39, 0.29) is 6.04 Å². The normalized spacial score (nSPS) is 20.4. The van der Waals surface area contributed by atoms with Crippen molar-refractivity contribution in [2.45, 2.75) is 6.04 Å². The zero-order valence-electron chi connectivity index (χ0n) is 6.18. The molecule has 0 aromatic heterocycles. The zero-order valence-corrected chi connectivity index (χ0v) is 9.09. The Hall–Kier alpha value is -0.0000000000000000555. The van der Waals surface area contributed by atoms with E-state index in [4.69, 9.17) is 22.1 Å². The predicted molar refractivity (Wildman–Crippen MR) is 56.6 cm³/mol. The Bertz CT molecular complexity index is 329. The van der Waals surface area contributed by atoms with Crippen molar-refractivity contribution in [3.63, 3.8) is 0 Å². The maximum atomic E-state index is 5.97. The average Bonchev–Trinajstić information content (AvgIpc) is 2.42. The van der Waals surface area contributed by atoms with Gasteiger partial charge in [0.05, 0.1) is 9.61 Å². The summed E-state index contributed by atoms with van der Waals surface area (Å²) in [5.41, 5.74) is 6.75. The van der Waals surface area contributed by atoms with Crippen molar-refractivity contribution >= 4 is 34.2 Å². The molecule has 2 rings (SSSR count). The van der Waals surface area contributed by atoms with Gasteiger partial charge in [0, 0.05) is 10.6 Å². The van der Waals surface area contributed by atoms with E-state index in [0.717, 1.165) is 14.9 Å². The molecule has 2 nitrogen and oxygen atoms in total. The summed E-state index contributed by atoms with van der Waals surface area (Å²) in [5, 5.41) is 0.704. The smallest absolute Gasteiger partial charge is 0.139 e. The first-order chi connectivity index (χ1) is 5.70. The lowest BCUT2D eigenvalue weighted by molar-refractivity contribution is 0.331. The minimum absolute atomic E-state index is 0.0674. The third kappa shape index (κ3) is 1.20. The molecule has 0 saturated carbocycles. The van der Waals surface area contributed by atoms with E-state index < -0.39 is 0 Å². The molecule has 0 amide bonds. The van der Waals surface area contributed by atoms with Gasteiger partial charge in [0.1, 0.15) is 12.4 Å². The maximum Gasteiger partial charge on any atom is 0.139 e. The Balaban J connectivity index is 2.64. The number of benzene rings is 1. The van der Waals surface area contributed by atoms with Gasteiger partial charge in [-0.25, -0.2) is 0 Å². The van der Waals surface area contributed by atoms with Crippen LogP contribution < -0.4 is 10.5 Å². The number of rotatable bonds is 0. The highest BCUT2D eigenvalue weighted by atomic mass is 127. The molecule has 4 heteroatoms. The molecule has 1 aliphatic rings. The second-order valence-corrected chi connectivity index (χ2v) is 4.26. The number of hydrogen-bond donors (Lipinski definition) is 1. The topological polar surface area (TPSA) is 35.2 Å². The lowest BCUT2D eigenvalue weighted by atomic mass is 10.1. The van der Waals surface area contributed by atoms with Crippen molar-refractivity contribution in [2.75, 3.05) is 6.61 Å². The number of nitrogens with two attached hydrogens (primary N) is 1. The summed E-state index contributed by atoms with van der Waals surface area (Å²) in [6, 6.07) is 3.72. The molecule has 1 unspecified atom stereocenters. The molecule has 1 aromatic carbocycles. The van der Waals surface area contributed by atoms with Gasteiger partial charge in [0.2, 0.25) is 0 Å². The van der Waals surface area contributed by atoms with Gasteiger partial charge in [-0.3, -0.25) is 0 Å². The van der Waals surface area contributed by atoms with Crippen molar-refractivity contribution < 1.29 is 4.74 Å². The van der Waals surface area contributed by atoms with Crippen molar-refractivity contribution in [3.8, 4) is 5.75 Å². The van der Waals surface area contributed by atoms with Gasteiger partial charge in [-0.1, -0.05) is 11.6 Å². The van der Waals surface area contributed by atoms with Crippen LogP contribution in [0.4, 0.5) is 0 Å². The van der Waals surface area contributed by atoms with E-state index in [1.807, 2.05) is 12.1 Å². The first-order valence-electron chi connectivity index (χ1n) is 3.56. The van der Waals surface area contributed by atoms with Crippen LogP contribution in [0.25, 0.3) is 0 Å². The molecule has 0 bridgehead atoms. The molecule has 0 fully saturated rings. The summed E-state index contributed by atoms with van der Waals surface area (Å²) >= 11 is 8.19.